The van der Waals surface area contributed by atoms with E-state index < -0.39 is 7.38 Å². The van der Waals surface area contributed by atoms with Crippen molar-refractivity contribution in [2.75, 3.05) is 57.0 Å². The second-order valence-electron chi connectivity index (χ2n) is 9.25. The van der Waals surface area contributed by atoms with Crippen LogP contribution in [0.5, 0.6) is 0 Å². The van der Waals surface area contributed by atoms with Gasteiger partial charge < -0.3 is 14.7 Å². The molecule has 32 heavy (non-hydrogen) atoms. The fourth-order valence-electron chi connectivity index (χ4n) is 4.79. The van der Waals surface area contributed by atoms with Gasteiger partial charge in [0, 0.05) is 59.3 Å². The van der Waals surface area contributed by atoms with Gasteiger partial charge in [0.2, 0.25) is 0 Å². The maximum Gasteiger partial charge on any atom is 0.254 e. The van der Waals surface area contributed by atoms with Gasteiger partial charge in [0.05, 0.1) is 0 Å². The molecule has 0 saturated heterocycles. The van der Waals surface area contributed by atoms with Crippen LogP contribution in [0.1, 0.15) is 16.7 Å². The van der Waals surface area contributed by atoms with Gasteiger partial charge >= 0.3 is 0 Å². The van der Waals surface area contributed by atoms with Crippen LogP contribution in [-0.2, 0) is 0 Å². The van der Waals surface area contributed by atoms with Gasteiger partial charge in [0.15, 0.2) is 0 Å². The van der Waals surface area contributed by atoms with Crippen LogP contribution in [-0.4, -0.2) is 49.7 Å². The first-order chi connectivity index (χ1) is 15.0. The SMILES string of the molecule is Cc1cccc(N(C)C)c1[Si](Cl)(c1c(C)cccc1N(C)C)c1c(C)cccc1N(C)C. The molecule has 0 aliphatic heterocycles. The minimum absolute atomic E-state index is 1.19. The van der Waals surface area contributed by atoms with E-state index >= 15 is 0 Å². The molecule has 3 rings (SSSR count). The predicted molar refractivity (Wildman–Crippen MR) is 147 cm³/mol. The Bertz CT molecular complexity index is 982. The monoisotopic (exact) mass is 465 g/mol. The maximum atomic E-state index is 8.24. The van der Waals surface area contributed by atoms with E-state index in [1.54, 1.807) is 0 Å². The first kappa shape index (κ1) is 24.2. The van der Waals surface area contributed by atoms with Crippen molar-refractivity contribution in [3.8, 4) is 0 Å². The highest BCUT2D eigenvalue weighted by atomic mass is 35.6. The zero-order valence-electron chi connectivity index (χ0n) is 20.9. The lowest BCUT2D eigenvalue weighted by molar-refractivity contribution is 1.13. The Morgan fingerprint density at radius 2 is 0.750 bits per heavy atom. The summed E-state index contributed by atoms with van der Waals surface area (Å²) < 4.78 is 0. The highest BCUT2D eigenvalue weighted by Gasteiger charge is 2.46. The van der Waals surface area contributed by atoms with Crippen LogP contribution in [0.2, 0.25) is 0 Å². The van der Waals surface area contributed by atoms with E-state index in [0.29, 0.717) is 0 Å². The Kier molecular flexibility index (Phi) is 6.96. The van der Waals surface area contributed by atoms with Gasteiger partial charge in [-0.2, -0.15) is 0 Å². The Morgan fingerprint density at radius 1 is 0.500 bits per heavy atom. The molecule has 170 valence electrons. The third kappa shape index (κ3) is 4.02. The Labute approximate surface area is 199 Å². The lowest BCUT2D eigenvalue weighted by Gasteiger charge is -2.38. The number of halogens is 1. The number of rotatable bonds is 6. The molecule has 3 aromatic rings. The highest BCUT2D eigenvalue weighted by Crippen LogP contribution is 2.29. The van der Waals surface area contributed by atoms with Crippen molar-refractivity contribution in [2.45, 2.75) is 20.8 Å². The minimum Gasteiger partial charge on any atom is -0.378 e. The van der Waals surface area contributed by atoms with Gasteiger partial charge in [0.25, 0.3) is 7.38 Å². The molecule has 0 saturated carbocycles. The van der Waals surface area contributed by atoms with E-state index in [9.17, 15) is 0 Å². The van der Waals surface area contributed by atoms with Crippen LogP contribution < -0.4 is 30.3 Å². The smallest absolute Gasteiger partial charge is 0.254 e. The predicted octanol–water partition coefficient (Wildman–Crippen LogP) is 4.02. The number of benzene rings is 3. The van der Waals surface area contributed by atoms with Gasteiger partial charge in [-0.15, -0.1) is 11.1 Å². The molecule has 0 spiro atoms. The van der Waals surface area contributed by atoms with Crippen molar-refractivity contribution in [1.82, 2.24) is 0 Å². The molecule has 0 aliphatic rings. The summed E-state index contributed by atoms with van der Waals surface area (Å²) >= 11 is 8.24. The fraction of sp³-hybridized carbons (Fsp3) is 0.333. The average molecular weight is 466 g/mol. The van der Waals surface area contributed by atoms with Gasteiger partial charge in [0.1, 0.15) is 0 Å². The summed E-state index contributed by atoms with van der Waals surface area (Å²) in [5, 5.41) is 3.80. The normalized spacial score (nSPS) is 11.4. The second kappa shape index (κ2) is 9.20. The summed E-state index contributed by atoms with van der Waals surface area (Å²) in [6.45, 7) is 6.61. The number of nitrogens with zero attached hydrogens (tertiary/aromatic N) is 3. The molecule has 0 bridgehead atoms. The maximum absolute atomic E-state index is 8.24. The van der Waals surface area contributed by atoms with Crippen LogP contribution in [0.4, 0.5) is 17.1 Å². The molecule has 3 nitrogen and oxygen atoms in total. The van der Waals surface area contributed by atoms with Crippen molar-refractivity contribution in [3.05, 3.63) is 71.3 Å². The molecule has 0 heterocycles. The van der Waals surface area contributed by atoms with Gasteiger partial charge in [-0.05, 0) is 71.2 Å². The summed E-state index contributed by atoms with van der Waals surface area (Å²) in [4.78, 5) is 6.61. The van der Waals surface area contributed by atoms with Crippen LogP contribution in [0.15, 0.2) is 54.6 Å². The molecular formula is C27H36ClN3Si. The van der Waals surface area contributed by atoms with E-state index in [-0.39, 0.29) is 0 Å². The molecular weight excluding hydrogens is 430 g/mol. The van der Waals surface area contributed by atoms with Crippen LogP contribution in [0.25, 0.3) is 0 Å². The van der Waals surface area contributed by atoms with E-state index in [1.165, 1.54) is 49.3 Å². The van der Waals surface area contributed by atoms with Crippen molar-refractivity contribution >= 4 is 51.1 Å². The number of anilines is 3. The molecule has 0 aliphatic carbocycles. The molecule has 0 unspecified atom stereocenters. The third-order valence-corrected chi connectivity index (χ3v) is 12.0. The minimum atomic E-state index is -2.99. The molecule has 0 N–H and O–H groups in total. The lowest BCUT2D eigenvalue weighted by Crippen LogP contribution is -2.67. The van der Waals surface area contributed by atoms with E-state index in [4.69, 9.17) is 11.1 Å². The highest BCUT2D eigenvalue weighted by molar-refractivity contribution is 7.42. The van der Waals surface area contributed by atoms with Crippen LogP contribution in [0.3, 0.4) is 0 Å². The molecule has 0 aromatic heterocycles. The lowest BCUT2D eigenvalue weighted by atomic mass is 10.2. The van der Waals surface area contributed by atoms with Gasteiger partial charge in [-0.25, -0.2) is 0 Å². The molecule has 3 aromatic carbocycles. The standard InChI is InChI=1S/C27H36ClN3Si/c1-19-13-10-16-22(29(4)5)25(19)32(28,26-20(2)14-11-17-23(26)30(6)7)27-21(3)15-12-18-24(27)31(8)9/h10-18H,1-9H3. The fourth-order valence-corrected chi connectivity index (χ4v) is 11.6. The molecule has 0 amide bonds. The van der Waals surface area contributed by atoms with Gasteiger partial charge in [-0.1, -0.05) is 36.4 Å². The molecule has 0 atom stereocenters. The summed E-state index contributed by atoms with van der Waals surface area (Å²) in [5.41, 5.74) is 7.27. The first-order valence-corrected chi connectivity index (χ1v) is 14.0. The first-order valence-electron chi connectivity index (χ1n) is 11.0. The topological polar surface area (TPSA) is 9.72 Å². The summed E-state index contributed by atoms with van der Waals surface area (Å²) in [6, 6.07) is 19.6. The third-order valence-electron chi connectivity index (χ3n) is 6.23. The number of hydrogen-bond acceptors (Lipinski definition) is 3. The van der Waals surface area contributed by atoms with Crippen molar-refractivity contribution in [2.24, 2.45) is 0 Å². The summed E-state index contributed by atoms with van der Waals surface area (Å²) in [6.07, 6.45) is 0. The Morgan fingerprint density at radius 3 is 0.969 bits per heavy atom. The quantitative estimate of drug-likeness (QED) is 0.309. The second-order valence-corrected chi connectivity index (χ2v) is 13.8. The van der Waals surface area contributed by atoms with Crippen molar-refractivity contribution in [1.29, 1.82) is 0 Å². The van der Waals surface area contributed by atoms with E-state index in [1.807, 2.05) is 0 Å². The zero-order chi connectivity index (χ0) is 23.8. The van der Waals surface area contributed by atoms with Crippen molar-refractivity contribution in [3.63, 3.8) is 0 Å². The molecule has 5 heteroatoms. The zero-order valence-corrected chi connectivity index (χ0v) is 22.7. The molecule has 0 radical (unpaired) electrons. The largest absolute Gasteiger partial charge is 0.378 e. The van der Waals surface area contributed by atoms with Gasteiger partial charge in [-0.3, -0.25) is 0 Å². The Hall–Kier alpha value is -2.43. The average Bonchev–Trinajstić information content (AvgIpc) is 2.72. The number of aryl methyl sites for hydroxylation is 3. The number of hydrogen-bond donors (Lipinski definition) is 0. The van der Waals surface area contributed by atoms with E-state index in [0.717, 1.165) is 0 Å². The van der Waals surface area contributed by atoms with Crippen LogP contribution >= 0.6 is 11.1 Å². The Balaban J connectivity index is 2.63. The van der Waals surface area contributed by atoms with Crippen molar-refractivity contribution < 1.29 is 0 Å². The van der Waals surface area contributed by atoms with E-state index in [2.05, 4.69) is 132 Å². The molecule has 0 fully saturated rings. The van der Waals surface area contributed by atoms with Crippen LogP contribution in [0, 0.1) is 20.8 Å². The summed E-state index contributed by atoms with van der Waals surface area (Å²) in [7, 11) is 9.68. The summed E-state index contributed by atoms with van der Waals surface area (Å²) in [5.74, 6) is 0.